The van der Waals surface area contributed by atoms with Gasteiger partial charge in [-0.1, -0.05) is 6.92 Å². The van der Waals surface area contributed by atoms with Crippen LogP contribution in [0.5, 0.6) is 0 Å². The zero-order valence-corrected chi connectivity index (χ0v) is 6.64. The molecule has 3 atom stereocenters. The molecule has 10 heavy (non-hydrogen) atoms. The molecule has 0 radical (unpaired) electrons. The molecule has 0 saturated carbocycles. The highest BCUT2D eigenvalue weighted by Gasteiger charge is 2.30. The highest BCUT2D eigenvalue weighted by atomic mass is 15.2. The lowest BCUT2D eigenvalue weighted by Crippen LogP contribution is -2.50. The van der Waals surface area contributed by atoms with Crippen LogP contribution in [0.1, 0.15) is 19.8 Å². The molecule has 2 heterocycles. The van der Waals surface area contributed by atoms with Gasteiger partial charge in [0.05, 0.1) is 0 Å². The van der Waals surface area contributed by atoms with Gasteiger partial charge in [-0.05, 0) is 19.4 Å². The summed E-state index contributed by atoms with van der Waals surface area (Å²) in [6, 6.07) is 1.60. The molecule has 2 fully saturated rings. The van der Waals surface area contributed by atoms with E-state index in [-0.39, 0.29) is 0 Å². The summed E-state index contributed by atoms with van der Waals surface area (Å²) in [4.78, 5) is 2.58. The summed E-state index contributed by atoms with van der Waals surface area (Å²) < 4.78 is 0. The number of nitrogens with zero attached hydrogens (tertiary/aromatic N) is 1. The first kappa shape index (κ1) is 6.62. The van der Waals surface area contributed by atoms with Crippen molar-refractivity contribution in [1.82, 2.24) is 10.2 Å². The second-order valence-electron chi connectivity index (χ2n) is 3.52. The Balaban J connectivity index is 1.96. The predicted octanol–water partition coefficient (Wildman–Crippen LogP) is 0.442. The number of rotatable bonds is 1. The minimum atomic E-state index is 0.779. The Morgan fingerprint density at radius 1 is 1.50 bits per heavy atom. The monoisotopic (exact) mass is 140 g/mol. The van der Waals surface area contributed by atoms with Crippen LogP contribution in [-0.2, 0) is 0 Å². The van der Waals surface area contributed by atoms with Crippen LogP contribution in [0.15, 0.2) is 0 Å². The largest absolute Gasteiger partial charge is 0.309 e. The van der Waals surface area contributed by atoms with Crippen molar-refractivity contribution in [2.24, 2.45) is 0 Å². The predicted molar refractivity (Wildman–Crippen MR) is 42.1 cm³/mol. The average Bonchev–Trinajstić information content (AvgIpc) is 2.30. The van der Waals surface area contributed by atoms with Crippen LogP contribution < -0.4 is 5.32 Å². The zero-order valence-electron chi connectivity index (χ0n) is 6.64. The molecule has 1 N–H and O–H groups in total. The lowest BCUT2D eigenvalue weighted by Gasteiger charge is -2.30. The Kier molecular flexibility index (Phi) is 1.66. The number of fused-ring (bicyclic) bond motifs is 2. The molecule has 2 nitrogen and oxygen atoms in total. The van der Waals surface area contributed by atoms with Crippen LogP contribution in [0.3, 0.4) is 0 Å². The molecule has 0 spiro atoms. The molecule has 3 unspecified atom stereocenters. The molecule has 2 rings (SSSR count). The van der Waals surface area contributed by atoms with Crippen LogP contribution >= 0.6 is 0 Å². The first-order valence-corrected chi connectivity index (χ1v) is 4.37. The van der Waals surface area contributed by atoms with E-state index in [9.17, 15) is 0 Å². The van der Waals surface area contributed by atoms with Gasteiger partial charge in [0.2, 0.25) is 0 Å². The van der Waals surface area contributed by atoms with Gasteiger partial charge in [-0.3, -0.25) is 0 Å². The quantitative estimate of drug-likeness (QED) is 0.568. The summed E-state index contributed by atoms with van der Waals surface area (Å²) in [6.07, 6.45) is 2.66. The fourth-order valence-electron chi connectivity index (χ4n) is 2.08. The lowest BCUT2D eigenvalue weighted by atomic mass is 10.1. The molecular formula is C8H16N2. The van der Waals surface area contributed by atoms with Crippen molar-refractivity contribution in [3.8, 4) is 0 Å². The van der Waals surface area contributed by atoms with Crippen molar-refractivity contribution >= 4 is 0 Å². The molecule has 58 valence electrons. The van der Waals surface area contributed by atoms with Gasteiger partial charge in [-0.2, -0.15) is 0 Å². The minimum Gasteiger partial charge on any atom is -0.309 e. The van der Waals surface area contributed by atoms with Crippen molar-refractivity contribution in [2.45, 2.75) is 31.8 Å². The molecular weight excluding hydrogens is 124 g/mol. The fourth-order valence-corrected chi connectivity index (χ4v) is 2.08. The highest BCUT2D eigenvalue weighted by molar-refractivity contribution is 4.90. The molecule has 2 aliphatic rings. The number of nitrogens with one attached hydrogen (secondary N) is 1. The zero-order chi connectivity index (χ0) is 6.97. The van der Waals surface area contributed by atoms with Crippen molar-refractivity contribution < 1.29 is 0 Å². The number of hydrogen-bond acceptors (Lipinski definition) is 2. The van der Waals surface area contributed by atoms with E-state index in [2.05, 4.69) is 17.1 Å². The van der Waals surface area contributed by atoms with E-state index in [1.54, 1.807) is 0 Å². The van der Waals surface area contributed by atoms with Crippen LogP contribution in [0.4, 0.5) is 0 Å². The third-order valence-corrected chi connectivity index (χ3v) is 2.72. The van der Waals surface area contributed by atoms with E-state index in [4.69, 9.17) is 0 Å². The SMILES string of the molecule is CCC1CN2CCC(C2)N1. The van der Waals surface area contributed by atoms with Crippen molar-refractivity contribution in [3.05, 3.63) is 0 Å². The van der Waals surface area contributed by atoms with E-state index in [1.807, 2.05) is 0 Å². The van der Waals surface area contributed by atoms with Gasteiger partial charge in [0.25, 0.3) is 0 Å². The van der Waals surface area contributed by atoms with Gasteiger partial charge < -0.3 is 10.2 Å². The smallest absolute Gasteiger partial charge is 0.0210 e. The highest BCUT2D eigenvalue weighted by Crippen LogP contribution is 2.16. The van der Waals surface area contributed by atoms with E-state index >= 15 is 0 Å². The van der Waals surface area contributed by atoms with Crippen LogP contribution in [0, 0.1) is 0 Å². The van der Waals surface area contributed by atoms with E-state index < -0.39 is 0 Å². The Labute approximate surface area is 62.6 Å². The standard InChI is InChI=1S/C8H16N2/c1-2-7-5-10-4-3-8(6-10)9-7/h7-9H,2-6H2,1H3. The summed E-state index contributed by atoms with van der Waals surface area (Å²) >= 11 is 0. The third kappa shape index (κ3) is 1.06. The molecule has 2 saturated heterocycles. The summed E-state index contributed by atoms with van der Waals surface area (Å²) in [5, 5.41) is 3.65. The molecule has 2 bridgehead atoms. The maximum Gasteiger partial charge on any atom is 0.0210 e. The maximum absolute atomic E-state index is 3.65. The molecule has 0 aromatic heterocycles. The first-order valence-electron chi connectivity index (χ1n) is 4.37. The molecule has 0 aliphatic carbocycles. The van der Waals surface area contributed by atoms with Gasteiger partial charge in [-0.15, -0.1) is 0 Å². The number of piperazine rings is 1. The summed E-state index contributed by atoms with van der Waals surface area (Å²) in [6.45, 7) is 6.18. The average molecular weight is 140 g/mol. The molecule has 2 heteroatoms. The van der Waals surface area contributed by atoms with Gasteiger partial charge in [-0.25, -0.2) is 0 Å². The van der Waals surface area contributed by atoms with Crippen molar-refractivity contribution in [3.63, 3.8) is 0 Å². The van der Waals surface area contributed by atoms with Gasteiger partial charge in [0.1, 0.15) is 0 Å². The van der Waals surface area contributed by atoms with Gasteiger partial charge >= 0.3 is 0 Å². The van der Waals surface area contributed by atoms with Crippen LogP contribution in [-0.4, -0.2) is 36.6 Å². The summed E-state index contributed by atoms with van der Waals surface area (Å²) in [7, 11) is 0. The Bertz CT molecular complexity index is 112. The van der Waals surface area contributed by atoms with Crippen molar-refractivity contribution in [2.75, 3.05) is 19.6 Å². The molecule has 0 aromatic carbocycles. The van der Waals surface area contributed by atoms with E-state index in [0.717, 1.165) is 12.1 Å². The Hall–Kier alpha value is -0.0800. The topological polar surface area (TPSA) is 15.3 Å². The van der Waals surface area contributed by atoms with Gasteiger partial charge in [0.15, 0.2) is 0 Å². The molecule has 2 aliphatic heterocycles. The van der Waals surface area contributed by atoms with Crippen LogP contribution in [0.2, 0.25) is 0 Å². The second-order valence-corrected chi connectivity index (χ2v) is 3.52. The maximum atomic E-state index is 3.65. The number of hydrogen-bond donors (Lipinski definition) is 1. The minimum absolute atomic E-state index is 0.779. The van der Waals surface area contributed by atoms with Crippen LogP contribution in [0.25, 0.3) is 0 Å². The normalized spacial score (nSPS) is 45.9. The molecule has 0 amide bonds. The van der Waals surface area contributed by atoms with E-state index in [0.29, 0.717) is 0 Å². The first-order chi connectivity index (χ1) is 4.88. The summed E-state index contributed by atoms with van der Waals surface area (Å²) in [5.41, 5.74) is 0. The third-order valence-electron chi connectivity index (χ3n) is 2.72. The second kappa shape index (κ2) is 2.51. The van der Waals surface area contributed by atoms with E-state index in [1.165, 1.54) is 32.5 Å². The van der Waals surface area contributed by atoms with Crippen molar-refractivity contribution in [1.29, 1.82) is 0 Å². The summed E-state index contributed by atoms with van der Waals surface area (Å²) in [5.74, 6) is 0. The lowest BCUT2D eigenvalue weighted by molar-refractivity contribution is 0.233. The fraction of sp³-hybridized carbons (Fsp3) is 1.00. The Morgan fingerprint density at radius 3 is 3.10 bits per heavy atom. The molecule has 0 aromatic rings. The Morgan fingerprint density at radius 2 is 2.40 bits per heavy atom. The van der Waals surface area contributed by atoms with Gasteiger partial charge in [0, 0.05) is 25.2 Å².